The van der Waals surface area contributed by atoms with Gasteiger partial charge >= 0.3 is 0 Å². The second-order valence-corrected chi connectivity index (χ2v) is 13.0. The van der Waals surface area contributed by atoms with E-state index in [1.807, 2.05) is 30.6 Å². The highest BCUT2D eigenvalue weighted by atomic mass is 16.5. The number of imidazole rings is 1. The molecule has 0 spiro atoms. The van der Waals surface area contributed by atoms with Crippen LogP contribution in [-0.2, 0) is 5.41 Å². The summed E-state index contributed by atoms with van der Waals surface area (Å²) in [5.41, 5.74) is 9.23. The largest absolute Gasteiger partial charge is 0.459 e. The monoisotopic (exact) mass is 601 g/mol. The Morgan fingerprint density at radius 3 is 2.26 bits per heavy atom. The molecule has 0 aliphatic rings. The van der Waals surface area contributed by atoms with Crippen LogP contribution in [0.3, 0.4) is 0 Å². The van der Waals surface area contributed by atoms with E-state index in [0.717, 1.165) is 44.7 Å². The molecule has 4 aromatic carbocycles. The molecular weight excluding hydrogens is 566 g/mol. The average molecular weight is 602 g/mol. The van der Waals surface area contributed by atoms with E-state index in [4.69, 9.17) is 21.3 Å². The van der Waals surface area contributed by atoms with Gasteiger partial charge in [-0.2, -0.15) is 0 Å². The second kappa shape index (κ2) is 11.0. The molecule has 226 valence electrons. The van der Waals surface area contributed by atoms with E-state index in [2.05, 4.69) is 116 Å². The normalized spacial score (nSPS) is 11.7. The number of aromatic nitrogens is 4. The number of hydrogen-bond acceptors (Lipinski definition) is 3. The third-order valence-electron chi connectivity index (χ3n) is 8.52. The Morgan fingerprint density at radius 1 is 0.739 bits per heavy atom. The SMILES string of the molecule is [C-]#[N+]c1cc(Oc2ccc3c4ccccc4n(-c4cc(C(C)(C)C)ccn4)c3c2)cc(-c2nccn2-c2c(C)cc(C)cc2C)c1. The number of para-hydroxylation sites is 1. The van der Waals surface area contributed by atoms with Gasteiger partial charge in [-0.15, -0.1) is 0 Å². The van der Waals surface area contributed by atoms with Crippen LogP contribution in [0.2, 0.25) is 0 Å². The van der Waals surface area contributed by atoms with Gasteiger partial charge < -0.3 is 4.74 Å². The van der Waals surface area contributed by atoms with Gasteiger partial charge in [0.15, 0.2) is 5.69 Å². The van der Waals surface area contributed by atoms with E-state index < -0.39 is 0 Å². The molecule has 0 N–H and O–H groups in total. The van der Waals surface area contributed by atoms with Gasteiger partial charge in [0.25, 0.3) is 0 Å². The van der Waals surface area contributed by atoms with Gasteiger partial charge in [-0.25, -0.2) is 14.8 Å². The minimum Gasteiger partial charge on any atom is -0.459 e. The van der Waals surface area contributed by atoms with Gasteiger partial charge in [-0.1, -0.05) is 56.7 Å². The van der Waals surface area contributed by atoms with Crippen LogP contribution in [0.25, 0.3) is 49.5 Å². The lowest BCUT2D eigenvalue weighted by molar-refractivity contribution is 0.484. The number of fused-ring (bicyclic) bond motifs is 3. The van der Waals surface area contributed by atoms with Crippen molar-refractivity contribution in [3.05, 3.63) is 137 Å². The quantitative estimate of drug-likeness (QED) is 0.184. The number of rotatable bonds is 5. The molecular formula is C40H35N5O. The third kappa shape index (κ3) is 5.10. The molecule has 0 amide bonds. The molecule has 3 heterocycles. The predicted octanol–water partition coefficient (Wildman–Crippen LogP) is 10.6. The first-order chi connectivity index (χ1) is 22.1. The number of aryl methyl sites for hydroxylation is 3. The predicted molar refractivity (Wildman–Crippen MR) is 187 cm³/mol. The molecule has 0 atom stereocenters. The maximum Gasteiger partial charge on any atom is 0.191 e. The lowest BCUT2D eigenvalue weighted by Gasteiger charge is -2.20. The Morgan fingerprint density at radius 2 is 1.50 bits per heavy atom. The summed E-state index contributed by atoms with van der Waals surface area (Å²) < 4.78 is 10.8. The minimum absolute atomic E-state index is 0.0120. The second-order valence-electron chi connectivity index (χ2n) is 13.0. The van der Waals surface area contributed by atoms with Gasteiger partial charge in [-0.3, -0.25) is 9.13 Å². The summed E-state index contributed by atoms with van der Waals surface area (Å²) in [4.78, 5) is 13.3. The molecule has 7 rings (SSSR count). The van der Waals surface area contributed by atoms with Gasteiger partial charge in [0, 0.05) is 41.0 Å². The van der Waals surface area contributed by atoms with E-state index in [-0.39, 0.29) is 5.41 Å². The highest BCUT2D eigenvalue weighted by molar-refractivity contribution is 6.09. The molecule has 3 aromatic heterocycles. The average Bonchev–Trinajstić information content (AvgIpc) is 3.63. The van der Waals surface area contributed by atoms with Gasteiger partial charge in [0.1, 0.15) is 23.1 Å². The maximum atomic E-state index is 7.84. The smallest absolute Gasteiger partial charge is 0.191 e. The Bertz CT molecular complexity index is 2300. The summed E-state index contributed by atoms with van der Waals surface area (Å²) in [7, 11) is 0. The fourth-order valence-corrected chi connectivity index (χ4v) is 6.49. The Hall–Kier alpha value is -5.67. The van der Waals surface area contributed by atoms with Gasteiger partial charge in [0.2, 0.25) is 0 Å². The molecule has 0 fully saturated rings. The first-order valence-corrected chi connectivity index (χ1v) is 15.4. The molecule has 46 heavy (non-hydrogen) atoms. The van der Waals surface area contributed by atoms with Crippen LogP contribution in [-0.4, -0.2) is 19.1 Å². The molecule has 0 unspecified atom stereocenters. The van der Waals surface area contributed by atoms with Crippen molar-refractivity contribution < 1.29 is 4.74 Å². The van der Waals surface area contributed by atoms with Crippen molar-refractivity contribution >= 4 is 27.5 Å². The molecule has 0 saturated heterocycles. The standard InChI is InChI=1S/C40H35N5O/c1-25-18-26(2)38(27(3)19-25)44-17-16-43-39(44)28-20-30(41-7)23-32(21-28)46-31-12-13-34-33-10-8-9-11-35(33)45(36(34)24-31)37-22-29(14-15-42-37)40(4,5)6/h8-24H,1-6H3. The van der Waals surface area contributed by atoms with Gasteiger partial charge in [0.05, 0.1) is 23.3 Å². The number of benzene rings is 4. The molecule has 6 heteroatoms. The van der Waals surface area contributed by atoms with E-state index in [1.165, 1.54) is 22.3 Å². The lowest BCUT2D eigenvalue weighted by Crippen LogP contribution is -2.12. The first-order valence-electron chi connectivity index (χ1n) is 15.4. The van der Waals surface area contributed by atoms with Crippen molar-refractivity contribution in [1.29, 1.82) is 0 Å². The summed E-state index contributed by atoms with van der Waals surface area (Å²) >= 11 is 0. The van der Waals surface area contributed by atoms with E-state index in [0.29, 0.717) is 17.2 Å². The molecule has 7 aromatic rings. The van der Waals surface area contributed by atoms with Crippen molar-refractivity contribution in [2.24, 2.45) is 0 Å². The van der Waals surface area contributed by atoms with Crippen molar-refractivity contribution in [3.8, 4) is 34.4 Å². The van der Waals surface area contributed by atoms with Crippen LogP contribution in [0.4, 0.5) is 5.69 Å². The third-order valence-corrected chi connectivity index (χ3v) is 8.52. The van der Waals surface area contributed by atoms with Crippen LogP contribution in [0.1, 0.15) is 43.0 Å². The minimum atomic E-state index is -0.0120. The number of ether oxygens (including phenoxy) is 1. The van der Waals surface area contributed by atoms with E-state index in [9.17, 15) is 0 Å². The van der Waals surface area contributed by atoms with Crippen molar-refractivity contribution in [1.82, 2.24) is 19.1 Å². The summed E-state index contributed by atoms with van der Waals surface area (Å²) in [6.07, 6.45) is 5.66. The van der Waals surface area contributed by atoms with Crippen molar-refractivity contribution in [3.63, 3.8) is 0 Å². The summed E-state index contributed by atoms with van der Waals surface area (Å²) in [5.74, 6) is 2.86. The van der Waals surface area contributed by atoms with Crippen molar-refractivity contribution in [2.75, 3.05) is 0 Å². The molecule has 0 aliphatic heterocycles. The van der Waals surface area contributed by atoms with E-state index >= 15 is 0 Å². The number of nitrogens with zero attached hydrogens (tertiary/aromatic N) is 5. The fourth-order valence-electron chi connectivity index (χ4n) is 6.49. The summed E-state index contributed by atoms with van der Waals surface area (Å²) in [5, 5.41) is 2.27. The van der Waals surface area contributed by atoms with E-state index in [1.54, 1.807) is 12.3 Å². The van der Waals surface area contributed by atoms with Crippen LogP contribution in [0, 0.1) is 27.3 Å². The molecule has 0 saturated carbocycles. The molecule has 0 bridgehead atoms. The Balaban J connectivity index is 1.33. The Labute approximate surface area is 269 Å². The Kier molecular flexibility index (Phi) is 6.98. The lowest BCUT2D eigenvalue weighted by atomic mass is 9.88. The van der Waals surface area contributed by atoms with Crippen LogP contribution >= 0.6 is 0 Å². The summed E-state index contributed by atoms with van der Waals surface area (Å²) in [6.45, 7) is 20.8. The zero-order valence-electron chi connectivity index (χ0n) is 27.0. The zero-order chi connectivity index (χ0) is 32.2. The maximum absolute atomic E-state index is 7.84. The van der Waals surface area contributed by atoms with Crippen molar-refractivity contribution in [2.45, 2.75) is 47.0 Å². The molecule has 0 radical (unpaired) electrons. The summed E-state index contributed by atoms with van der Waals surface area (Å²) in [6, 6.07) is 28.8. The zero-order valence-corrected chi connectivity index (χ0v) is 27.0. The molecule has 0 aliphatic carbocycles. The van der Waals surface area contributed by atoms with Gasteiger partial charge in [-0.05, 0) is 91.4 Å². The number of pyridine rings is 1. The van der Waals surface area contributed by atoms with Crippen LogP contribution in [0.15, 0.2) is 104 Å². The van der Waals surface area contributed by atoms with Crippen LogP contribution in [0.5, 0.6) is 11.5 Å². The number of hydrogen-bond donors (Lipinski definition) is 0. The highest BCUT2D eigenvalue weighted by Crippen LogP contribution is 2.38. The fraction of sp³-hybridized carbons (Fsp3) is 0.175. The first kappa shape index (κ1) is 29.1. The topological polar surface area (TPSA) is 49.2 Å². The highest BCUT2D eigenvalue weighted by Gasteiger charge is 2.19. The molecule has 6 nitrogen and oxygen atoms in total. The van der Waals surface area contributed by atoms with Crippen LogP contribution < -0.4 is 4.74 Å².